The lowest BCUT2D eigenvalue weighted by atomic mass is 9.91. The number of benzene rings is 1. The van der Waals surface area contributed by atoms with E-state index in [-0.39, 0.29) is 67.3 Å². The molecule has 11 amide bonds. The van der Waals surface area contributed by atoms with Crippen molar-refractivity contribution >= 4 is 70.8 Å². The van der Waals surface area contributed by atoms with Crippen LogP contribution < -0.4 is 21.3 Å². The molecule has 100 heavy (non-hydrogen) atoms. The summed E-state index contributed by atoms with van der Waals surface area (Å²) in [5, 5.41) is 32.7. The molecule has 0 bridgehead atoms. The molecule has 1 aliphatic rings. The molecule has 566 valence electrons. The highest BCUT2D eigenvalue weighted by Crippen LogP contribution is 2.27. The molecule has 1 heterocycles. The fraction of sp³-hybridized carbons (Fsp3) is 0.707. The van der Waals surface area contributed by atoms with Gasteiger partial charge in [0, 0.05) is 54.9 Å². The number of ketones is 1. The Morgan fingerprint density at radius 3 is 1.44 bits per heavy atom. The van der Waals surface area contributed by atoms with Gasteiger partial charge in [-0.15, -0.1) is 0 Å². The van der Waals surface area contributed by atoms with Crippen LogP contribution in [0.25, 0.3) is 0 Å². The van der Waals surface area contributed by atoms with Crippen molar-refractivity contribution in [1.29, 1.82) is 0 Å². The van der Waals surface area contributed by atoms with Crippen molar-refractivity contribution in [3.8, 4) is 5.75 Å². The summed E-state index contributed by atoms with van der Waals surface area (Å²) in [6.07, 6.45) is 5.73. The van der Waals surface area contributed by atoms with E-state index < -0.39 is 156 Å². The summed E-state index contributed by atoms with van der Waals surface area (Å²) >= 11 is 0. The van der Waals surface area contributed by atoms with Gasteiger partial charge in [-0.25, -0.2) is 0 Å². The number of Topliss-reactive ketones (excluding diaryl/α,β-unsaturated/α-hetero) is 1. The molecule has 1 aromatic rings. The van der Waals surface area contributed by atoms with Gasteiger partial charge in [-0.3, -0.25) is 57.5 Å². The van der Waals surface area contributed by atoms with Gasteiger partial charge in [-0.2, -0.15) is 0 Å². The highest BCUT2D eigenvalue weighted by Gasteiger charge is 2.46. The summed E-state index contributed by atoms with van der Waals surface area (Å²) in [5.41, 5.74) is 2.64. The van der Waals surface area contributed by atoms with Crippen molar-refractivity contribution < 1.29 is 67.7 Å². The van der Waals surface area contributed by atoms with Crippen molar-refractivity contribution in [3.05, 3.63) is 53.1 Å². The summed E-state index contributed by atoms with van der Waals surface area (Å²) in [7, 11) is 9.92. The molecule has 0 saturated carbocycles. The fourth-order valence-electron chi connectivity index (χ4n) is 12.0. The predicted octanol–water partition coefficient (Wildman–Crippen LogP) is 6.37. The first-order chi connectivity index (χ1) is 46.2. The van der Waals surface area contributed by atoms with E-state index in [0.717, 1.165) is 15.4 Å². The van der Waals surface area contributed by atoms with E-state index in [1.54, 1.807) is 72.7 Å². The van der Waals surface area contributed by atoms with Crippen LogP contribution >= 0.6 is 0 Å². The number of hydrogen-bond acceptors (Lipinski definition) is 14. The SMILES string of the molecule is CC(=O)c1ccc(O)c(CC=C(C)C)c1.CC=CCC(C)C(O)C1C(=O)NC(CC)C(=O)N(C)CC(=O)N(C)C(CC(C)C)C(=O)NC(C(C)C)C(=O)N(C)C(CC(C)C)C(=O)NC(C)C(=O)NC(C)C(=O)N(C)C(CC(C)C)C(=O)N(C)C(CC(C)C)C(=O)N(C)C(C(C)C)C(=O)N1C. The molecule has 0 aromatic heterocycles. The second kappa shape index (κ2) is 41.9. The van der Waals surface area contributed by atoms with E-state index in [0.29, 0.717) is 18.4 Å². The van der Waals surface area contributed by atoms with Crippen LogP contribution in [0.4, 0.5) is 0 Å². The first-order valence-corrected chi connectivity index (χ1v) is 35.5. The quantitative estimate of drug-likeness (QED) is 0.0687. The molecule has 6 N–H and O–H groups in total. The van der Waals surface area contributed by atoms with Crippen LogP contribution in [0.3, 0.4) is 0 Å². The number of nitrogens with one attached hydrogen (secondary N) is 4. The molecule has 0 aliphatic carbocycles. The average molecular weight is 1410 g/mol. The van der Waals surface area contributed by atoms with Crippen molar-refractivity contribution in [2.45, 2.75) is 250 Å². The van der Waals surface area contributed by atoms with Crippen LogP contribution in [0.2, 0.25) is 0 Å². The number of allylic oxidation sites excluding steroid dienone is 4. The second-order valence-corrected chi connectivity index (χ2v) is 30.0. The molecule has 0 radical (unpaired) electrons. The maximum absolute atomic E-state index is 15.1. The molecule has 25 heteroatoms. The minimum absolute atomic E-state index is 0.0217. The Labute approximate surface area is 597 Å². The van der Waals surface area contributed by atoms with Gasteiger partial charge < -0.3 is 65.8 Å². The van der Waals surface area contributed by atoms with Gasteiger partial charge >= 0.3 is 0 Å². The molecule has 25 nitrogen and oxygen atoms in total. The topological polar surface area (TPSA) is 316 Å². The standard InChI is InChI=1S/C62H111N11O12.C13H16O2/c1-25-27-28-40(15)52(75)51-56(79)65-43(26-2)58(81)67(18)33-48(74)68(19)44(29-34(3)4)55(78)66-49(38(11)12)61(84)69(20)45(30-35(5)6)54(77)63-41(16)53(76)64-42(17)57(80)70(21)46(31-36(7)8)59(82)71(22)47(32-37(9)10)60(83)72(23)50(39(13)14)62(85)73(51)24;1-9(2)4-5-12-8-11(10(3)14)6-7-13(12)15/h25,27,34-47,49-52,75H,26,28-33H2,1-24H3,(H,63,77)(H,64,76)(H,65,79)(H,66,78);4,6-8,15H,5H2,1-3H3. The van der Waals surface area contributed by atoms with Crippen LogP contribution in [-0.4, -0.2) is 238 Å². The van der Waals surface area contributed by atoms with Gasteiger partial charge in [0.2, 0.25) is 65.0 Å². The number of aromatic hydroxyl groups is 1. The lowest BCUT2D eigenvalue weighted by Gasteiger charge is -2.41. The van der Waals surface area contributed by atoms with Crippen molar-refractivity contribution in [3.63, 3.8) is 0 Å². The Bertz CT molecular complexity index is 3010. The number of nitrogens with zero attached hydrogens (tertiary/aromatic N) is 7. The second-order valence-electron chi connectivity index (χ2n) is 30.0. The molecule has 1 aliphatic heterocycles. The normalized spacial score (nSPS) is 24.3. The summed E-state index contributed by atoms with van der Waals surface area (Å²) in [6.45, 7) is 34.9. The smallest absolute Gasteiger partial charge is 0.246 e. The van der Waals surface area contributed by atoms with Gasteiger partial charge in [0.25, 0.3) is 0 Å². The summed E-state index contributed by atoms with van der Waals surface area (Å²) < 4.78 is 0. The van der Waals surface area contributed by atoms with Crippen LogP contribution in [0.5, 0.6) is 5.75 Å². The molecule has 12 unspecified atom stereocenters. The zero-order chi connectivity index (χ0) is 77.4. The Kier molecular flexibility index (Phi) is 37.8. The Hall–Kier alpha value is -7.70. The average Bonchev–Trinajstić information content (AvgIpc) is 0.807. The van der Waals surface area contributed by atoms with E-state index in [1.165, 1.54) is 100 Å². The monoisotopic (exact) mass is 1410 g/mol. The Balaban J connectivity index is 0.00000292. The third kappa shape index (κ3) is 26.7. The first kappa shape index (κ1) is 90.3. The zero-order valence-electron chi connectivity index (χ0n) is 65.4. The molecule has 12 atom stereocenters. The van der Waals surface area contributed by atoms with E-state index in [4.69, 9.17) is 0 Å². The number of aliphatic hydroxyl groups excluding tert-OH is 1. The summed E-state index contributed by atoms with van der Waals surface area (Å²) in [5.74, 6) is -9.44. The van der Waals surface area contributed by atoms with Crippen LogP contribution in [-0.2, 0) is 59.2 Å². The van der Waals surface area contributed by atoms with Gasteiger partial charge in [0.1, 0.15) is 66.2 Å². The highest BCUT2D eigenvalue weighted by atomic mass is 16.3. The number of hydrogen-bond donors (Lipinski definition) is 6. The number of phenolic OH excluding ortho intramolecular Hbond substituents is 1. The lowest BCUT2D eigenvalue weighted by Crippen LogP contribution is -2.63. The molecule has 2 rings (SSSR count). The first-order valence-electron chi connectivity index (χ1n) is 35.5. The molecule has 1 saturated heterocycles. The molecule has 1 fully saturated rings. The summed E-state index contributed by atoms with van der Waals surface area (Å²) in [4.78, 5) is 180. The van der Waals surface area contributed by atoms with Crippen molar-refractivity contribution in [1.82, 2.24) is 55.6 Å². The van der Waals surface area contributed by atoms with Gasteiger partial charge in [-0.1, -0.05) is 121 Å². The number of rotatable bonds is 18. The Morgan fingerprint density at radius 1 is 0.530 bits per heavy atom. The number of carbonyl (C=O) groups is 12. The van der Waals surface area contributed by atoms with E-state index in [2.05, 4.69) is 21.3 Å². The predicted molar refractivity (Wildman–Crippen MR) is 390 cm³/mol. The minimum Gasteiger partial charge on any atom is -0.508 e. The Morgan fingerprint density at radius 2 is 0.980 bits per heavy atom. The van der Waals surface area contributed by atoms with Crippen molar-refractivity contribution in [2.75, 3.05) is 55.9 Å². The lowest BCUT2D eigenvalue weighted by molar-refractivity contribution is -0.157. The fourth-order valence-corrected chi connectivity index (χ4v) is 12.0. The zero-order valence-corrected chi connectivity index (χ0v) is 65.4. The van der Waals surface area contributed by atoms with Gasteiger partial charge in [0.15, 0.2) is 5.78 Å². The summed E-state index contributed by atoms with van der Waals surface area (Å²) in [6, 6.07) is -7.36. The van der Waals surface area contributed by atoms with Crippen molar-refractivity contribution in [2.24, 2.45) is 41.4 Å². The molecule has 0 spiro atoms. The number of carbonyl (C=O) groups excluding carboxylic acids is 12. The van der Waals surface area contributed by atoms with E-state index >= 15 is 9.59 Å². The van der Waals surface area contributed by atoms with Crippen LogP contribution in [0.1, 0.15) is 193 Å². The maximum Gasteiger partial charge on any atom is 0.246 e. The maximum atomic E-state index is 15.1. The highest BCUT2D eigenvalue weighted by molar-refractivity contribution is 6.00. The number of amides is 11. The van der Waals surface area contributed by atoms with Crippen LogP contribution in [0, 0.1) is 41.4 Å². The van der Waals surface area contributed by atoms with E-state index in [1.807, 2.05) is 81.4 Å². The van der Waals surface area contributed by atoms with Crippen LogP contribution in [0.15, 0.2) is 42.0 Å². The van der Waals surface area contributed by atoms with Gasteiger partial charge in [0.05, 0.1) is 12.6 Å². The third-order valence-corrected chi connectivity index (χ3v) is 18.3. The minimum atomic E-state index is -1.61. The van der Waals surface area contributed by atoms with Gasteiger partial charge in [-0.05, 0) is 152 Å². The molecule has 1 aromatic carbocycles. The largest absolute Gasteiger partial charge is 0.508 e. The number of phenols is 1. The number of likely N-dealkylation sites (N-methyl/N-ethyl adjacent to an activating group) is 7. The van der Waals surface area contributed by atoms with E-state index in [9.17, 15) is 58.2 Å². The molecular formula is C75H127N11O14. The number of aliphatic hydroxyl groups is 1. The molecular weight excluding hydrogens is 1280 g/mol. The third-order valence-electron chi connectivity index (χ3n) is 18.3.